The number of hydrogen-bond acceptors (Lipinski definition) is 2. The molecule has 20 heavy (non-hydrogen) atoms. The van der Waals surface area contributed by atoms with E-state index in [9.17, 15) is 0 Å². The van der Waals surface area contributed by atoms with Gasteiger partial charge in [0.15, 0.2) is 0 Å². The Labute approximate surface area is 123 Å². The van der Waals surface area contributed by atoms with Crippen LogP contribution in [0.25, 0.3) is 11.1 Å². The molecule has 0 spiro atoms. The van der Waals surface area contributed by atoms with Crippen LogP contribution in [0, 0.1) is 0 Å². The van der Waals surface area contributed by atoms with Crippen molar-refractivity contribution in [1.82, 2.24) is 0 Å². The molecule has 2 rings (SSSR count). The second-order valence-electron chi connectivity index (χ2n) is 6.56. The van der Waals surface area contributed by atoms with Crippen LogP contribution in [0.4, 0.5) is 0 Å². The highest BCUT2D eigenvalue weighted by atomic mass is 28.4. The monoisotopic (exact) mass is 290 g/mol. The van der Waals surface area contributed by atoms with Gasteiger partial charge in [-0.05, 0) is 22.2 Å². The molecule has 1 heterocycles. The fourth-order valence-corrected chi connectivity index (χ4v) is 8.71. The van der Waals surface area contributed by atoms with Gasteiger partial charge in [-0.2, -0.15) is 0 Å². The molecule has 2 nitrogen and oxygen atoms in total. The molecular weight excluding hydrogens is 264 g/mol. The van der Waals surface area contributed by atoms with Crippen LogP contribution in [0.5, 0.6) is 5.95 Å². The summed E-state index contributed by atoms with van der Waals surface area (Å²) in [7, 11) is -1.93. The summed E-state index contributed by atoms with van der Waals surface area (Å²) in [5.74, 6) is 0.673. The second kappa shape index (κ2) is 5.64. The maximum Gasteiger partial charge on any atom is 0.270 e. The summed E-state index contributed by atoms with van der Waals surface area (Å²) in [6.45, 7) is 13.7. The zero-order chi connectivity index (χ0) is 14.9. The van der Waals surface area contributed by atoms with Crippen molar-refractivity contribution in [3.05, 3.63) is 30.5 Å². The van der Waals surface area contributed by atoms with Gasteiger partial charge in [-0.3, -0.25) is 0 Å². The molecule has 0 bridgehead atoms. The molecule has 0 radical (unpaired) electrons. The van der Waals surface area contributed by atoms with Gasteiger partial charge >= 0.3 is 0 Å². The largest absolute Gasteiger partial charge is 0.518 e. The molecular formula is C17H26O2Si. The Morgan fingerprint density at radius 3 is 2.00 bits per heavy atom. The zero-order valence-corrected chi connectivity index (χ0v) is 14.4. The van der Waals surface area contributed by atoms with Crippen LogP contribution < -0.4 is 4.43 Å². The Kier molecular flexibility index (Phi) is 4.28. The Balaban J connectivity index is 2.39. The van der Waals surface area contributed by atoms with Crippen LogP contribution in [0.15, 0.2) is 34.9 Å². The third kappa shape index (κ3) is 2.51. The maximum atomic E-state index is 6.54. The van der Waals surface area contributed by atoms with Gasteiger partial charge in [0.2, 0.25) is 0 Å². The minimum atomic E-state index is -1.93. The predicted octanol–water partition coefficient (Wildman–Crippen LogP) is 5.94. The highest BCUT2D eigenvalue weighted by Crippen LogP contribution is 2.43. The third-order valence-corrected chi connectivity index (χ3v) is 10.4. The fraction of sp³-hybridized carbons (Fsp3) is 0.529. The Morgan fingerprint density at radius 2 is 1.45 bits per heavy atom. The third-order valence-electron chi connectivity index (χ3n) is 4.44. The molecule has 0 aromatic heterocycles. The molecule has 0 saturated carbocycles. The summed E-state index contributed by atoms with van der Waals surface area (Å²) < 4.78 is 12.3. The van der Waals surface area contributed by atoms with E-state index < -0.39 is 8.32 Å². The molecule has 0 aromatic rings. The van der Waals surface area contributed by atoms with E-state index in [1.54, 1.807) is 6.26 Å². The lowest BCUT2D eigenvalue weighted by atomic mass is 10.2. The van der Waals surface area contributed by atoms with Crippen LogP contribution in [0.2, 0.25) is 16.6 Å². The van der Waals surface area contributed by atoms with Crippen molar-refractivity contribution in [3.63, 3.8) is 0 Å². The average molecular weight is 290 g/mol. The van der Waals surface area contributed by atoms with Crippen LogP contribution in [0.1, 0.15) is 41.5 Å². The van der Waals surface area contributed by atoms with Crippen LogP contribution in [-0.4, -0.2) is 8.32 Å². The van der Waals surface area contributed by atoms with Crippen LogP contribution in [-0.2, 0) is 0 Å². The summed E-state index contributed by atoms with van der Waals surface area (Å²) in [6, 6.07) is 8.23. The maximum absolute atomic E-state index is 6.54. The predicted molar refractivity (Wildman–Crippen MR) is 87.0 cm³/mol. The highest BCUT2D eigenvalue weighted by Gasteiger charge is 2.47. The first-order valence-electron chi connectivity index (χ1n) is 7.54. The van der Waals surface area contributed by atoms with Gasteiger partial charge in [-0.1, -0.05) is 59.7 Å². The van der Waals surface area contributed by atoms with E-state index in [0.29, 0.717) is 22.6 Å². The van der Waals surface area contributed by atoms with Gasteiger partial charge in [0.25, 0.3) is 14.3 Å². The molecule has 2 aliphatic rings. The summed E-state index contributed by atoms with van der Waals surface area (Å²) in [4.78, 5) is 0. The minimum absolute atomic E-state index is 0.549. The first kappa shape index (κ1) is 15.2. The standard InChI is InChI=1S/C17H26O2Si/c1-12(2)20(13(3)4,14(5)6)19-17-10-15-8-7-9-16(15)11-18-17/h7-14H,1-6H3. The van der Waals surface area contributed by atoms with Gasteiger partial charge in [0, 0.05) is 11.6 Å². The normalized spacial score (nSPS) is 12.8. The molecule has 0 saturated heterocycles. The number of hydrogen-bond donors (Lipinski definition) is 0. The molecule has 0 N–H and O–H groups in total. The van der Waals surface area contributed by atoms with Crippen molar-refractivity contribution < 1.29 is 8.84 Å². The van der Waals surface area contributed by atoms with E-state index in [4.69, 9.17) is 8.84 Å². The Bertz CT molecular complexity index is 506. The molecule has 0 unspecified atom stereocenters. The van der Waals surface area contributed by atoms with E-state index in [0.717, 1.165) is 5.56 Å². The molecule has 1 aliphatic carbocycles. The Hall–Kier alpha value is -1.22. The second-order valence-corrected chi connectivity index (χ2v) is 11.9. The van der Waals surface area contributed by atoms with Gasteiger partial charge in [-0.25, -0.2) is 0 Å². The van der Waals surface area contributed by atoms with Crippen molar-refractivity contribution in [1.29, 1.82) is 0 Å². The summed E-state index contributed by atoms with van der Waals surface area (Å²) in [5, 5.41) is 0. The summed E-state index contributed by atoms with van der Waals surface area (Å²) in [5.41, 5.74) is 3.96. The van der Waals surface area contributed by atoms with E-state index in [-0.39, 0.29) is 0 Å². The number of fused-ring (bicyclic) bond motifs is 1. The first-order chi connectivity index (χ1) is 9.37. The topological polar surface area (TPSA) is 22.4 Å². The zero-order valence-electron chi connectivity index (χ0n) is 13.4. The summed E-state index contributed by atoms with van der Waals surface area (Å²) >= 11 is 0. The van der Waals surface area contributed by atoms with Crippen molar-refractivity contribution >= 4 is 8.32 Å². The lowest BCUT2D eigenvalue weighted by molar-refractivity contribution is 0.350. The van der Waals surface area contributed by atoms with Gasteiger partial charge < -0.3 is 8.84 Å². The summed E-state index contributed by atoms with van der Waals surface area (Å²) in [6.07, 6.45) is 1.80. The molecule has 0 aromatic carbocycles. The lowest BCUT2D eigenvalue weighted by Crippen LogP contribution is -2.50. The van der Waals surface area contributed by atoms with Crippen LogP contribution in [0.3, 0.4) is 0 Å². The molecule has 0 atom stereocenters. The van der Waals surface area contributed by atoms with Gasteiger partial charge in [0.1, 0.15) is 6.26 Å². The number of rotatable bonds is 5. The Morgan fingerprint density at radius 1 is 0.900 bits per heavy atom. The average Bonchev–Trinajstić information content (AvgIpc) is 2.81. The van der Waals surface area contributed by atoms with Crippen molar-refractivity contribution in [2.24, 2.45) is 0 Å². The van der Waals surface area contributed by atoms with Gasteiger partial charge in [0.05, 0.1) is 0 Å². The highest BCUT2D eigenvalue weighted by molar-refractivity contribution is 6.78. The van der Waals surface area contributed by atoms with Crippen molar-refractivity contribution in [3.8, 4) is 17.1 Å². The van der Waals surface area contributed by atoms with Crippen LogP contribution >= 0.6 is 0 Å². The minimum Gasteiger partial charge on any atom is -0.518 e. The molecule has 1 aliphatic heterocycles. The molecule has 3 heteroatoms. The SMILES string of the molecule is CC(C)[Si](Oc1cc2cccc-2co1)(C(C)C)C(C)C. The van der Waals surface area contributed by atoms with E-state index >= 15 is 0 Å². The first-order valence-corrected chi connectivity index (χ1v) is 9.68. The van der Waals surface area contributed by atoms with E-state index in [1.807, 2.05) is 12.1 Å². The van der Waals surface area contributed by atoms with E-state index in [1.165, 1.54) is 5.56 Å². The lowest BCUT2D eigenvalue weighted by Gasteiger charge is -2.41. The molecule has 110 valence electrons. The fourth-order valence-electron chi connectivity index (χ4n) is 3.55. The van der Waals surface area contributed by atoms with E-state index in [2.05, 4.69) is 53.7 Å². The van der Waals surface area contributed by atoms with Crippen molar-refractivity contribution in [2.75, 3.05) is 0 Å². The van der Waals surface area contributed by atoms with Crippen molar-refractivity contribution in [2.45, 2.75) is 58.2 Å². The van der Waals surface area contributed by atoms with Gasteiger partial charge in [-0.15, -0.1) is 0 Å². The molecule has 0 fully saturated rings. The quantitative estimate of drug-likeness (QED) is 0.636. The smallest absolute Gasteiger partial charge is 0.270 e. The molecule has 0 amide bonds.